The Morgan fingerprint density at radius 2 is 1.95 bits per heavy atom. The van der Waals surface area contributed by atoms with Crippen LogP contribution in [0.15, 0.2) is 23.1 Å². The molecule has 0 aliphatic heterocycles. The summed E-state index contributed by atoms with van der Waals surface area (Å²) in [6.07, 6.45) is 0. The van der Waals surface area contributed by atoms with Crippen LogP contribution in [0.1, 0.15) is 24.2 Å². The van der Waals surface area contributed by atoms with Gasteiger partial charge in [-0.05, 0) is 46.1 Å². The van der Waals surface area contributed by atoms with E-state index in [1.54, 1.807) is 14.1 Å². The number of hydrogen-bond donors (Lipinski definition) is 2. The van der Waals surface area contributed by atoms with Crippen LogP contribution in [0, 0.1) is 5.82 Å². The van der Waals surface area contributed by atoms with Crippen LogP contribution in [0.4, 0.5) is 4.39 Å². The largest absolute Gasteiger partial charge is 0.478 e. The van der Waals surface area contributed by atoms with Crippen molar-refractivity contribution in [2.24, 2.45) is 0 Å². The van der Waals surface area contributed by atoms with Gasteiger partial charge in [0.05, 0.1) is 5.56 Å². The molecule has 6 nitrogen and oxygen atoms in total. The number of benzene rings is 1. The Labute approximate surface area is 123 Å². The number of carboxylic acids is 1. The van der Waals surface area contributed by atoms with E-state index in [2.05, 4.69) is 4.72 Å². The summed E-state index contributed by atoms with van der Waals surface area (Å²) in [7, 11) is -0.545. The van der Waals surface area contributed by atoms with Gasteiger partial charge in [-0.15, -0.1) is 0 Å². The second-order valence-corrected chi connectivity index (χ2v) is 7.22. The Kier molecular flexibility index (Phi) is 5.08. The molecule has 21 heavy (non-hydrogen) atoms. The van der Waals surface area contributed by atoms with Gasteiger partial charge in [0.1, 0.15) is 10.7 Å². The normalized spacial score (nSPS) is 12.7. The molecule has 0 heterocycles. The topological polar surface area (TPSA) is 86.7 Å². The van der Waals surface area contributed by atoms with Gasteiger partial charge in [-0.1, -0.05) is 0 Å². The van der Waals surface area contributed by atoms with E-state index in [0.29, 0.717) is 0 Å². The summed E-state index contributed by atoms with van der Waals surface area (Å²) in [6, 6.07) is 2.65. The van der Waals surface area contributed by atoms with Gasteiger partial charge in [0, 0.05) is 12.1 Å². The molecule has 0 aromatic heterocycles. The van der Waals surface area contributed by atoms with Crippen molar-refractivity contribution >= 4 is 16.0 Å². The quantitative estimate of drug-likeness (QED) is 0.821. The lowest BCUT2D eigenvalue weighted by Crippen LogP contribution is -2.48. The first-order valence-corrected chi connectivity index (χ1v) is 7.65. The van der Waals surface area contributed by atoms with Crippen LogP contribution in [0.5, 0.6) is 0 Å². The maximum Gasteiger partial charge on any atom is 0.335 e. The Bertz CT molecular complexity index is 642. The third-order valence-corrected chi connectivity index (χ3v) is 4.79. The molecule has 1 rings (SSSR count). The van der Waals surface area contributed by atoms with Crippen molar-refractivity contribution in [3.63, 3.8) is 0 Å². The van der Waals surface area contributed by atoms with Crippen molar-refractivity contribution in [3.8, 4) is 0 Å². The van der Waals surface area contributed by atoms with E-state index >= 15 is 0 Å². The van der Waals surface area contributed by atoms with Gasteiger partial charge in [0.25, 0.3) is 0 Å². The number of sulfonamides is 1. The Balaban J connectivity index is 3.09. The molecule has 0 fully saturated rings. The highest BCUT2D eigenvalue weighted by molar-refractivity contribution is 7.89. The minimum absolute atomic E-state index is 0.0546. The molecular formula is C13H19FN2O4S. The molecule has 1 aromatic carbocycles. The molecule has 118 valence electrons. The van der Waals surface area contributed by atoms with Crippen LogP contribution in [-0.2, 0) is 10.0 Å². The zero-order valence-electron chi connectivity index (χ0n) is 12.3. The number of aromatic carboxylic acids is 1. The average Bonchev–Trinajstić information content (AvgIpc) is 2.36. The molecule has 8 heteroatoms. The van der Waals surface area contributed by atoms with Crippen LogP contribution < -0.4 is 4.72 Å². The first-order chi connectivity index (χ1) is 9.47. The molecule has 0 atom stereocenters. The van der Waals surface area contributed by atoms with Gasteiger partial charge in [-0.25, -0.2) is 22.3 Å². The fourth-order valence-corrected chi connectivity index (χ4v) is 2.66. The SMILES string of the molecule is CN(C)C(C)(C)CNS(=O)(=O)c1cc(C(=O)O)ccc1F. The Hall–Kier alpha value is -1.51. The van der Waals surface area contributed by atoms with Gasteiger partial charge >= 0.3 is 5.97 Å². The summed E-state index contributed by atoms with van der Waals surface area (Å²) in [5.74, 6) is -2.31. The number of rotatable bonds is 6. The maximum absolute atomic E-state index is 13.7. The van der Waals surface area contributed by atoms with Crippen molar-refractivity contribution in [3.05, 3.63) is 29.6 Å². The predicted molar refractivity (Wildman–Crippen MR) is 76.3 cm³/mol. The predicted octanol–water partition coefficient (Wildman–Crippen LogP) is 1.14. The molecule has 0 spiro atoms. The zero-order chi connectivity index (χ0) is 16.4. The van der Waals surface area contributed by atoms with Gasteiger partial charge in [-0.3, -0.25) is 0 Å². The summed E-state index contributed by atoms with van der Waals surface area (Å²) in [6.45, 7) is 3.69. The fourth-order valence-electron chi connectivity index (χ4n) is 1.35. The third-order valence-electron chi connectivity index (χ3n) is 3.37. The second-order valence-electron chi connectivity index (χ2n) is 5.48. The Morgan fingerprint density at radius 3 is 2.43 bits per heavy atom. The number of hydrogen-bond acceptors (Lipinski definition) is 4. The van der Waals surface area contributed by atoms with E-state index in [0.717, 1.165) is 18.2 Å². The lowest BCUT2D eigenvalue weighted by atomic mass is 10.1. The maximum atomic E-state index is 13.7. The second kappa shape index (κ2) is 6.08. The van der Waals surface area contributed by atoms with Crippen molar-refractivity contribution in [2.75, 3.05) is 20.6 Å². The van der Waals surface area contributed by atoms with Crippen LogP contribution in [0.3, 0.4) is 0 Å². The molecule has 0 unspecified atom stereocenters. The van der Waals surface area contributed by atoms with Crippen LogP contribution >= 0.6 is 0 Å². The van der Waals surface area contributed by atoms with E-state index in [9.17, 15) is 17.6 Å². The monoisotopic (exact) mass is 318 g/mol. The summed E-state index contributed by atoms with van der Waals surface area (Å²) >= 11 is 0. The van der Waals surface area contributed by atoms with Crippen LogP contribution in [0.25, 0.3) is 0 Å². The van der Waals surface area contributed by atoms with Gasteiger partial charge < -0.3 is 10.0 Å². The average molecular weight is 318 g/mol. The summed E-state index contributed by atoms with van der Waals surface area (Å²) < 4.78 is 40.3. The van der Waals surface area contributed by atoms with Crippen molar-refractivity contribution in [2.45, 2.75) is 24.3 Å². The molecule has 0 aliphatic rings. The molecule has 2 N–H and O–H groups in total. The number of carboxylic acid groups (broad SMARTS) is 1. The molecule has 0 saturated carbocycles. The molecule has 0 radical (unpaired) electrons. The highest BCUT2D eigenvalue weighted by Crippen LogP contribution is 2.17. The van der Waals surface area contributed by atoms with E-state index in [1.807, 2.05) is 18.7 Å². The highest BCUT2D eigenvalue weighted by Gasteiger charge is 2.26. The van der Waals surface area contributed by atoms with Crippen molar-refractivity contribution in [1.82, 2.24) is 9.62 Å². The van der Waals surface area contributed by atoms with Crippen LogP contribution in [-0.4, -0.2) is 50.6 Å². The molecule has 0 amide bonds. The smallest absolute Gasteiger partial charge is 0.335 e. The number of nitrogens with one attached hydrogen (secondary N) is 1. The first-order valence-electron chi connectivity index (χ1n) is 6.17. The summed E-state index contributed by atoms with van der Waals surface area (Å²) in [5.41, 5.74) is -0.767. The van der Waals surface area contributed by atoms with Gasteiger partial charge in [0.15, 0.2) is 0 Å². The number of carbonyl (C=O) groups is 1. The van der Waals surface area contributed by atoms with Crippen molar-refractivity contribution < 1.29 is 22.7 Å². The Morgan fingerprint density at radius 1 is 1.38 bits per heavy atom. The summed E-state index contributed by atoms with van der Waals surface area (Å²) in [5, 5.41) is 8.85. The number of halogens is 1. The number of nitrogens with zero attached hydrogens (tertiary/aromatic N) is 1. The fraction of sp³-hybridized carbons (Fsp3) is 0.462. The lowest BCUT2D eigenvalue weighted by Gasteiger charge is -2.32. The molecular weight excluding hydrogens is 299 g/mol. The molecule has 0 bridgehead atoms. The first kappa shape index (κ1) is 17.5. The van der Waals surface area contributed by atoms with E-state index in [1.165, 1.54) is 0 Å². The third kappa shape index (κ3) is 4.23. The van der Waals surface area contributed by atoms with Crippen LogP contribution in [0.2, 0.25) is 0 Å². The summed E-state index contributed by atoms with van der Waals surface area (Å²) in [4.78, 5) is 12.0. The van der Waals surface area contributed by atoms with Gasteiger partial charge in [0.2, 0.25) is 10.0 Å². The minimum Gasteiger partial charge on any atom is -0.478 e. The molecule has 1 aromatic rings. The van der Waals surface area contributed by atoms with E-state index in [4.69, 9.17) is 5.11 Å². The zero-order valence-corrected chi connectivity index (χ0v) is 13.2. The van der Waals surface area contributed by atoms with Crippen molar-refractivity contribution in [1.29, 1.82) is 0 Å². The number of likely N-dealkylation sites (N-methyl/N-ethyl adjacent to an activating group) is 1. The minimum atomic E-state index is -4.13. The highest BCUT2D eigenvalue weighted by atomic mass is 32.2. The van der Waals surface area contributed by atoms with E-state index < -0.39 is 32.2 Å². The molecule has 0 aliphatic carbocycles. The van der Waals surface area contributed by atoms with Gasteiger partial charge in [-0.2, -0.15) is 0 Å². The lowest BCUT2D eigenvalue weighted by molar-refractivity contribution is 0.0696. The van der Waals surface area contributed by atoms with E-state index in [-0.39, 0.29) is 12.1 Å². The molecule has 0 saturated heterocycles. The standard InChI is InChI=1S/C13H19FN2O4S/c1-13(2,16(3)4)8-15-21(19,20)11-7-9(12(17)18)5-6-10(11)14/h5-7,15H,8H2,1-4H3,(H,17,18).